The van der Waals surface area contributed by atoms with Crippen molar-refractivity contribution in [3.8, 4) is 0 Å². The Morgan fingerprint density at radius 3 is 2.17 bits per heavy atom. The Hall–Kier alpha value is -0.170. The SMILES string of the molecule is CN(CCCO)S(=O)(=O)N(C)C1CCCCCC1. The molecule has 1 rings (SSSR count). The second-order valence-corrected chi connectivity index (χ2v) is 7.16. The highest BCUT2D eigenvalue weighted by atomic mass is 32.2. The smallest absolute Gasteiger partial charge is 0.281 e. The van der Waals surface area contributed by atoms with E-state index in [1.54, 1.807) is 14.1 Å². The quantitative estimate of drug-likeness (QED) is 0.743. The zero-order chi connectivity index (χ0) is 13.6. The van der Waals surface area contributed by atoms with Gasteiger partial charge < -0.3 is 5.11 Å². The van der Waals surface area contributed by atoms with Crippen LogP contribution in [0.5, 0.6) is 0 Å². The summed E-state index contributed by atoms with van der Waals surface area (Å²) < 4.78 is 27.5. The fourth-order valence-corrected chi connectivity index (χ4v) is 3.83. The van der Waals surface area contributed by atoms with E-state index in [9.17, 15) is 8.42 Å². The Morgan fingerprint density at radius 2 is 1.67 bits per heavy atom. The highest BCUT2D eigenvalue weighted by Crippen LogP contribution is 2.23. The zero-order valence-corrected chi connectivity index (χ0v) is 12.3. The maximum absolute atomic E-state index is 12.3. The molecule has 0 unspecified atom stereocenters. The Bertz CT molecular complexity index is 324. The molecule has 0 saturated heterocycles. The van der Waals surface area contributed by atoms with Gasteiger partial charge in [0.05, 0.1) is 0 Å². The molecule has 1 aliphatic rings. The molecular formula is C12H26N2O3S. The monoisotopic (exact) mass is 278 g/mol. The fourth-order valence-electron chi connectivity index (χ4n) is 2.44. The molecule has 0 aromatic rings. The minimum absolute atomic E-state index is 0.0208. The number of rotatable bonds is 6. The van der Waals surface area contributed by atoms with Gasteiger partial charge in [0.1, 0.15) is 0 Å². The first-order valence-electron chi connectivity index (χ1n) is 6.80. The van der Waals surface area contributed by atoms with Gasteiger partial charge in [0.15, 0.2) is 0 Å². The summed E-state index contributed by atoms with van der Waals surface area (Å²) in [6.07, 6.45) is 7.06. The minimum atomic E-state index is -3.37. The molecule has 1 aliphatic carbocycles. The van der Waals surface area contributed by atoms with Crippen LogP contribution in [0.4, 0.5) is 0 Å². The molecule has 0 aromatic carbocycles. The van der Waals surface area contributed by atoms with Gasteiger partial charge >= 0.3 is 0 Å². The summed E-state index contributed by atoms with van der Waals surface area (Å²) in [5.74, 6) is 0. The third kappa shape index (κ3) is 4.19. The van der Waals surface area contributed by atoms with Crippen molar-refractivity contribution in [2.24, 2.45) is 0 Å². The lowest BCUT2D eigenvalue weighted by atomic mass is 10.1. The summed E-state index contributed by atoms with van der Waals surface area (Å²) in [5, 5.41) is 8.77. The Labute approximate surface area is 111 Å². The van der Waals surface area contributed by atoms with Gasteiger partial charge in [0.25, 0.3) is 10.2 Å². The second kappa shape index (κ2) is 7.43. The van der Waals surface area contributed by atoms with Crippen LogP contribution in [0.2, 0.25) is 0 Å². The Balaban J connectivity index is 2.64. The molecule has 1 saturated carbocycles. The van der Waals surface area contributed by atoms with Gasteiger partial charge in [-0.1, -0.05) is 25.7 Å². The third-order valence-corrected chi connectivity index (χ3v) is 5.72. The zero-order valence-electron chi connectivity index (χ0n) is 11.5. The van der Waals surface area contributed by atoms with Crippen LogP contribution < -0.4 is 0 Å². The van der Waals surface area contributed by atoms with Crippen LogP contribution in [0.1, 0.15) is 44.9 Å². The van der Waals surface area contributed by atoms with Crippen molar-refractivity contribution in [1.82, 2.24) is 8.61 Å². The Morgan fingerprint density at radius 1 is 1.11 bits per heavy atom. The first kappa shape index (κ1) is 15.9. The molecule has 1 fully saturated rings. The minimum Gasteiger partial charge on any atom is -0.396 e. The molecule has 5 nitrogen and oxygen atoms in total. The average molecular weight is 278 g/mol. The van der Waals surface area contributed by atoms with E-state index in [2.05, 4.69) is 0 Å². The molecule has 0 aliphatic heterocycles. The van der Waals surface area contributed by atoms with E-state index in [0.29, 0.717) is 13.0 Å². The van der Waals surface area contributed by atoms with Crippen molar-refractivity contribution in [3.05, 3.63) is 0 Å². The number of aliphatic hydroxyl groups excluding tert-OH is 1. The number of hydrogen-bond acceptors (Lipinski definition) is 3. The highest BCUT2D eigenvalue weighted by molar-refractivity contribution is 7.86. The van der Waals surface area contributed by atoms with E-state index >= 15 is 0 Å². The van der Waals surface area contributed by atoms with Crippen LogP contribution >= 0.6 is 0 Å². The maximum Gasteiger partial charge on any atom is 0.281 e. The predicted molar refractivity (Wildman–Crippen MR) is 72.5 cm³/mol. The maximum atomic E-state index is 12.3. The second-order valence-electron chi connectivity index (χ2n) is 5.07. The van der Waals surface area contributed by atoms with Gasteiger partial charge in [0, 0.05) is 33.3 Å². The molecule has 6 heteroatoms. The molecule has 0 aromatic heterocycles. The Kier molecular flexibility index (Phi) is 6.55. The molecule has 0 spiro atoms. The van der Waals surface area contributed by atoms with Crippen molar-refractivity contribution in [1.29, 1.82) is 0 Å². The van der Waals surface area contributed by atoms with Crippen molar-refractivity contribution >= 4 is 10.2 Å². The highest BCUT2D eigenvalue weighted by Gasteiger charge is 2.29. The van der Waals surface area contributed by atoms with E-state index in [1.165, 1.54) is 21.5 Å². The predicted octanol–water partition coefficient (Wildman–Crippen LogP) is 1.20. The molecule has 0 heterocycles. The van der Waals surface area contributed by atoms with Crippen LogP contribution in [0.3, 0.4) is 0 Å². The first-order chi connectivity index (χ1) is 8.50. The van der Waals surface area contributed by atoms with Crippen LogP contribution in [0.15, 0.2) is 0 Å². The molecule has 0 bridgehead atoms. The number of hydrogen-bond donors (Lipinski definition) is 1. The molecule has 108 valence electrons. The van der Waals surface area contributed by atoms with Crippen LogP contribution in [-0.2, 0) is 10.2 Å². The molecule has 18 heavy (non-hydrogen) atoms. The molecule has 0 amide bonds. The number of aliphatic hydroxyl groups is 1. The lowest BCUT2D eigenvalue weighted by molar-refractivity contribution is 0.266. The molecular weight excluding hydrogens is 252 g/mol. The van der Waals surface area contributed by atoms with E-state index in [-0.39, 0.29) is 12.6 Å². The van der Waals surface area contributed by atoms with E-state index in [0.717, 1.165) is 25.7 Å². The summed E-state index contributed by atoms with van der Waals surface area (Å²) in [4.78, 5) is 0. The molecule has 1 N–H and O–H groups in total. The van der Waals surface area contributed by atoms with E-state index in [4.69, 9.17) is 5.11 Å². The van der Waals surface area contributed by atoms with Crippen LogP contribution in [0, 0.1) is 0 Å². The largest absolute Gasteiger partial charge is 0.396 e. The van der Waals surface area contributed by atoms with Gasteiger partial charge in [-0.3, -0.25) is 0 Å². The first-order valence-corrected chi connectivity index (χ1v) is 8.20. The standard InChI is InChI=1S/C12H26N2O3S/c1-13(10-7-11-15)18(16,17)14(2)12-8-5-3-4-6-9-12/h12,15H,3-11H2,1-2H3. The average Bonchev–Trinajstić information content (AvgIpc) is 2.63. The van der Waals surface area contributed by atoms with Crippen LogP contribution in [-0.4, -0.2) is 55.4 Å². The van der Waals surface area contributed by atoms with E-state index in [1.807, 2.05) is 0 Å². The van der Waals surface area contributed by atoms with Gasteiger partial charge in [-0.25, -0.2) is 0 Å². The molecule has 0 radical (unpaired) electrons. The van der Waals surface area contributed by atoms with Crippen molar-refractivity contribution in [2.75, 3.05) is 27.2 Å². The van der Waals surface area contributed by atoms with Gasteiger partial charge in [-0.15, -0.1) is 0 Å². The van der Waals surface area contributed by atoms with Crippen molar-refractivity contribution in [2.45, 2.75) is 51.0 Å². The number of nitrogens with zero attached hydrogens (tertiary/aromatic N) is 2. The summed E-state index contributed by atoms with van der Waals surface area (Å²) in [7, 11) is -0.109. The van der Waals surface area contributed by atoms with Crippen LogP contribution in [0.25, 0.3) is 0 Å². The van der Waals surface area contributed by atoms with Gasteiger partial charge in [0.2, 0.25) is 0 Å². The molecule has 0 atom stereocenters. The van der Waals surface area contributed by atoms with Gasteiger partial charge in [-0.05, 0) is 19.3 Å². The lowest BCUT2D eigenvalue weighted by Gasteiger charge is -2.30. The normalized spacial score (nSPS) is 19.4. The topological polar surface area (TPSA) is 60.9 Å². The van der Waals surface area contributed by atoms with Crippen molar-refractivity contribution < 1.29 is 13.5 Å². The van der Waals surface area contributed by atoms with E-state index < -0.39 is 10.2 Å². The lowest BCUT2D eigenvalue weighted by Crippen LogP contribution is -2.45. The summed E-state index contributed by atoms with van der Waals surface area (Å²) in [5.41, 5.74) is 0. The van der Waals surface area contributed by atoms with Gasteiger partial charge in [-0.2, -0.15) is 17.0 Å². The fraction of sp³-hybridized carbons (Fsp3) is 1.00. The summed E-state index contributed by atoms with van der Waals surface area (Å²) in [6, 6.07) is 0.133. The summed E-state index contributed by atoms with van der Waals surface area (Å²) >= 11 is 0. The van der Waals surface area contributed by atoms with Crippen molar-refractivity contribution in [3.63, 3.8) is 0 Å². The summed E-state index contributed by atoms with van der Waals surface area (Å²) in [6.45, 7) is 0.392. The third-order valence-electron chi connectivity index (χ3n) is 3.73.